The zero-order chi connectivity index (χ0) is 13.1. The minimum absolute atomic E-state index is 0.0886. The zero-order valence-electron chi connectivity index (χ0n) is 9.35. The first kappa shape index (κ1) is 13.2. The Bertz CT molecular complexity index is 636. The Morgan fingerprint density at radius 3 is 3.17 bits per heavy atom. The summed E-state index contributed by atoms with van der Waals surface area (Å²) in [6.07, 6.45) is 1.70. The van der Waals surface area contributed by atoms with E-state index in [1.165, 1.54) is 0 Å². The number of aromatic amines is 1. The summed E-state index contributed by atoms with van der Waals surface area (Å²) in [5.41, 5.74) is 6.58. The standard InChI is InChI=1S/C10H11BrN4O2S/c11-6-3-7-9(13-4-6)15(10(18)14-7)1-2-17-5-8(12)16/h3-4H,1-2,5H2,(H2,12,16)(H,14,18). The normalized spacial score (nSPS) is 10.9. The highest BCUT2D eigenvalue weighted by Gasteiger charge is 2.06. The van der Waals surface area contributed by atoms with Crippen molar-refractivity contribution >= 4 is 45.2 Å². The Labute approximate surface area is 116 Å². The van der Waals surface area contributed by atoms with Gasteiger partial charge in [-0.3, -0.25) is 9.36 Å². The highest BCUT2D eigenvalue weighted by Crippen LogP contribution is 2.16. The molecule has 3 N–H and O–H groups in total. The van der Waals surface area contributed by atoms with Gasteiger partial charge in [-0.05, 0) is 34.2 Å². The lowest BCUT2D eigenvalue weighted by molar-refractivity contribution is -0.122. The van der Waals surface area contributed by atoms with E-state index in [1.807, 2.05) is 10.6 Å². The summed E-state index contributed by atoms with van der Waals surface area (Å²) in [7, 11) is 0. The number of aromatic nitrogens is 3. The summed E-state index contributed by atoms with van der Waals surface area (Å²) in [5.74, 6) is -0.487. The summed E-state index contributed by atoms with van der Waals surface area (Å²) in [4.78, 5) is 17.9. The van der Waals surface area contributed by atoms with Crippen LogP contribution in [0.5, 0.6) is 0 Å². The fourth-order valence-corrected chi connectivity index (χ4v) is 2.17. The number of carbonyl (C=O) groups is 1. The van der Waals surface area contributed by atoms with Gasteiger partial charge in [0.2, 0.25) is 5.91 Å². The van der Waals surface area contributed by atoms with Crippen molar-refractivity contribution in [3.8, 4) is 0 Å². The number of amides is 1. The number of hydrogen-bond donors (Lipinski definition) is 2. The summed E-state index contributed by atoms with van der Waals surface area (Å²) in [6, 6.07) is 1.90. The second-order valence-corrected chi connectivity index (χ2v) is 4.93. The van der Waals surface area contributed by atoms with Crippen LogP contribution in [0.3, 0.4) is 0 Å². The van der Waals surface area contributed by atoms with E-state index in [-0.39, 0.29) is 6.61 Å². The topological polar surface area (TPSA) is 85.9 Å². The first-order chi connectivity index (χ1) is 8.58. The molecule has 0 fully saturated rings. The minimum Gasteiger partial charge on any atom is -0.370 e. The van der Waals surface area contributed by atoms with Crippen LogP contribution in [0.1, 0.15) is 0 Å². The third-order valence-electron chi connectivity index (χ3n) is 2.28. The molecule has 1 amide bonds. The predicted molar refractivity (Wildman–Crippen MR) is 72.6 cm³/mol. The molecule has 96 valence electrons. The van der Waals surface area contributed by atoms with Crippen LogP contribution in [0.4, 0.5) is 0 Å². The first-order valence-corrected chi connectivity index (χ1v) is 6.38. The summed E-state index contributed by atoms with van der Waals surface area (Å²) >= 11 is 8.55. The Morgan fingerprint density at radius 1 is 1.67 bits per heavy atom. The number of nitrogens with two attached hydrogens (primary N) is 1. The van der Waals surface area contributed by atoms with Crippen molar-refractivity contribution in [1.82, 2.24) is 14.5 Å². The largest absolute Gasteiger partial charge is 0.370 e. The van der Waals surface area contributed by atoms with Gasteiger partial charge in [0.15, 0.2) is 10.4 Å². The van der Waals surface area contributed by atoms with Crippen LogP contribution in [0, 0.1) is 4.77 Å². The maximum Gasteiger partial charge on any atom is 0.243 e. The highest BCUT2D eigenvalue weighted by molar-refractivity contribution is 9.10. The van der Waals surface area contributed by atoms with Crippen LogP contribution in [-0.4, -0.2) is 33.7 Å². The molecule has 6 nitrogen and oxygen atoms in total. The van der Waals surface area contributed by atoms with Crippen molar-refractivity contribution < 1.29 is 9.53 Å². The predicted octanol–water partition coefficient (Wildman–Crippen LogP) is 1.36. The van der Waals surface area contributed by atoms with Crippen LogP contribution in [0.25, 0.3) is 11.2 Å². The van der Waals surface area contributed by atoms with Gasteiger partial charge in [-0.25, -0.2) is 4.98 Å². The molecule has 2 rings (SSSR count). The molecule has 18 heavy (non-hydrogen) atoms. The molecule has 0 bridgehead atoms. The van der Waals surface area contributed by atoms with Crippen LogP contribution in [-0.2, 0) is 16.1 Å². The third-order valence-corrected chi connectivity index (χ3v) is 3.04. The number of hydrogen-bond acceptors (Lipinski definition) is 4. The van der Waals surface area contributed by atoms with Gasteiger partial charge in [-0.2, -0.15) is 0 Å². The van der Waals surface area contributed by atoms with E-state index in [1.54, 1.807) is 6.20 Å². The first-order valence-electron chi connectivity index (χ1n) is 5.18. The number of nitrogens with zero attached hydrogens (tertiary/aromatic N) is 2. The quantitative estimate of drug-likeness (QED) is 0.640. The molecule has 0 spiro atoms. The molecular weight excluding hydrogens is 320 g/mol. The number of nitrogens with one attached hydrogen (secondary N) is 1. The van der Waals surface area contributed by atoms with Crippen LogP contribution in [0.2, 0.25) is 0 Å². The Balaban J connectivity index is 2.15. The smallest absolute Gasteiger partial charge is 0.243 e. The molecule has 2 heterocycles. The van der Waals surface area contributed by atoms with E-state index in [4.69, 9.17) is 22.7 Å². The summed E-state index contributed by atoms with van der Waals surface area (Å²) in [5, 5.41) is 0. The maximum absolute atomic E-state index is 10.5. The second-order valence-electron chi connectivity index (χ2n) is 3.63. The summed E-state index contributed by atoms with van der Waals surface area (Å²) < 4.78 is 8.37. The van der Waals surface area contributed by atoms with Crippen LogP contribution in [0.15, 0.2) is 16.7 Å². The van der Waals surface area contributed by atoms with Crippen LogP contribution < -0.4 is 5.73 Å². The van der Waals surface area contributed by atoms with E-state index >= 15 is 0 Å². The Hall–Kier alpha value is -1.25. The van der Waals surface area contributed by atoms with Crippen molar-refractivity contribution in [2.75, 3.05) is 13.2 Å². The van der Waals surface area contributed by atoms with E-state index in [0.717, 1.165) is 15.6 Å². The fraction of sp³-hybridized carbons (Fsp3) is 0.300. The SMILES string of the molecule is NC(=O)COCCn1c(=S)[nH]c2cc(Br)cnc21. The number of carbonyl (C=O) groups excluding carboxylic acids is 1. The summed E-state index contributed by atoms with van der Waals surface area (Å²) in [6.45, 7) is 0.775. The molecule has 0 saturated carbocycles. The molecule has 0 radical (unpaired) electrons. The van der Waals surface area contributed by atoms with Crippen molar-refractivity contribution in [2.24, 2.45) is 5.73 Å². The van der Waals surface area contributed by atoms with Crippen molar-refractivity contribution in [1.29, 1.82) is 0 Å². The number of pyridine rings is 1. The van der Waals surface area contributed by atoms with E-state index in [2.05, 4.69) is 25.9 Å². The lowest BCUT2D eigenvalue weighted by atomic mass is 10.4. The molecule has 0 aromatic carbocycles. The van der Waals surface area contributed by atoms with Crippen molar-refractivity contribution in [3.05, 3.63) is 21.5 Å². The molecule has 0 aliphatic carbocycles. The molecule has 8 heteroatoms. The number of ether oxygens (including phenoxy) is 1. The molecule has 0 aliphatic heterocycles. The number of fused-ring (bicyclic) bond motifs is 1. The lowest BCUT2D eigenvalue weighted by Crippen LogP contribution is -2.19. The van der Waals surface area contributed by atoms with Crippen LogP contribution >= 0.6 is 28.1 Å². The van der Waals surface area contributed by atoms with Gasteiger partial charge in [0.1, 0.15) is 6.61 Å². The van der Waals surface area contributed by atoms with E-state index in [9.17, 15) is 4.79 Å². The van der Waals surface area contributed by atoms with Gasteiger partial charge in [-0.15, -0.1) is 0 Å². The number of primary amides is 1. The molecule has 2 aromatic rings. The minimum atomic E-state index is -0.487. The van der Waals surface area contributed by atoms with E-state index in [0.29, 0.717) is 17.9 Å². The molecule has 2 aromatic heterocycles. The van der Waals surface area contributed by atoms with Crippen molar-refractivity contribution in [3.63, 3.8) is 0 Å². The van der Waals surface area contributed by atoms with E-state index < -0.39 is 5.91 Å². The molecule has 0 saturated heterocycles. The fourth-order valence-electron chi connectivity index (χ4n) is 1.55. The molecule has 0 aliphatic rings. The lowest BCUT2D eigenvalue weighted by Gasteiger charge is -2.04. The zero-order valence-corrected chi connectivity index (χ0v) is 11.8. The second kappa shape index (κ2) is 5.59. The monoisotopic (exact) mass is 330 g/mol. The molecule has 0 unspecified atom stereocenters. The van der Waals surface area contributed by atoms with Gasteiger partial charge < -0.3 is 15.5 Å². The average molecular weight is 331 g/mol. The molecular formula is C10H11BrN4O2S. The van der Waals surface area contributed by atoms with Gasteiger partial charge in [0.05, 0.1) is 18.7 Å². The Morgan fingerprint density at radius 2 is 2.44 bits per heavy atom. The third kappa shape index (κ3) is 2.95. The average Bonchev–Trinajstić information content (AvgIpc) is 2.59. The van der Waals surface area contributed by atoms with Gasteiger partial charge >= 0.3 is 0 Å². The van der Waals surface area contributed by atoms with Crippen molar-refractivity contribution in [2.45, 2.75) is 6.54 Å². The highest BCUT2D eigenvalue weighted by atomic mass is 79.9. The Kier molecular flexibility index (Phi) is 4.10. The van der Waals surface area contributed by atoms with Gasteiger partial charge in [-0.1, -0.05) is 0 Å². The number of H-pyrrole nitrogens is 1. The van der Waals surface area contributed by atoms with Gasteiger partial charge in [0, 0.05) is 10.7 Å². The number of imidazole rings is 1. The maximum atomic E-state index is 10.5. The molecule has 0 atom stereocenters. The number of rotatable bonds is 5. The number of halogens is 1. The van der Waals surface area contributed by atoms with Gasteiger partial charge in [0.25, 0.3) is 0 Å².